The minimum Gasteiger partial charge on any atom is -0.294 e. The van der Waals surface area contributed by atoms with Gasteiger partial charge < -0.3 is 0 Å². The van der Waals surface area contributed by atoms with E-state index in [4.69, 9.17) is 0 Å². The van der Waals surface area contributed by atoms with Gasteiger partial charge >= 0.3 is 4.87 Å². The van der Waals surface area contributed by atoms with Crippen LogP contribution in [0.5, 0.6) is 0 Å². The van der Waals surface area contributed by atoms with Crippen LogP contribution in [0.2, 0.25) is 0 Å². The third-order valence-corrected chi connectivity index (χ3v) is 6.72. The van der Waals surface area contributed by atoms with Crippen LogP contribution in [0.25, 0.3) is 10.2 Å². The van der Waals surface area contributed by atoms with Crippen LogP contribution < -0.4 is 9.60 Å². The van der Waals surface area contributed by atoms with E-state index in [1.54, 1.807) is 34.9 Å². The number of benzene rings is 3. The first-order chi connectivity index (χ1) is 13.4. The van der Waals surface area contributed by atoms with Gasteiger partial charge in [-0.05, 0) is 48.4 Å². The zero-order valence-electron chi connectivity index (χ0n) is 15.1. The Balaban J connectivity index is 1.69. The molecule has 0 spiro atoms. The smallest absolute Gasteiger partial charge is 0.294 e. The van der Waals surface area contributed by atoms with Gasteiger partial charge in [-0.3, -0.25) is 14.1 Å². The molecule has 0 fully saturated rings. The SMILES string of the molecule is Cc1cccc(NS(=O)(=O)c2ccc3c(c2)sc(=O)n3Cc2ccccc2)c1. The van der Waals surface area contributed by atoms with Crippen molar-refractivity contribution in [2.45, 2.75) is 18.4 Å². The number of thiazole rings is 1. The molecular weight excluding hydrogens is 392 g/mol. The van der Waals surface area contributed by atoms with Gasteiger partial charge in [-0.25, -0.2) is 8.42 Å². The van der Waals surface area contributed by atoms with Crippen molar-refractivity contribution in [2.75, 3.05) is 4.72 Å². The second kappa shape index (κ2) is 7.26. The molecule has 7 heteroatoms. The maximum absolute atomic E-state index is 12.7. The molecule has 0 saturated heterocycles. The number of aromatic nitrogens is 1. The van der Waals surface area contributed by atoms with Crippen LogP contribution in [0.15, 0.2) is 82.5 Å². The maximum Gasteiger partial charge on any atom is 0.308 e. The Kier molecular flexibility index (Phi) is 4.78. The summed E-state index contributed by atoms with van der Waals surface area (Å²) >= 11 is 1.05. The molecule has 4 aromatic rings. The average Bonchev–Trinajstić information content (AvgIpc) is 2.97. The number of sulfonamides is 1. The number of hydrogen-bond acceptors (Lipinski definition) is 4. The molecule has 0 atom stereocenters. The fourth-order valence-electron chi connectivity index (χ4n) is 3.05. The summed E-state index contributed by atoms with van der Waals surface area (Å²) in [6.07, 6.45) is 0. The van der Waals surface area contributed by atoms with E-state index in [1.165, 1.54) is 6.07 Å². The molecule has 0 aliphatic heterocycles. The fraction of sp³-hybridized carbons (Fsp3) is 0.0952. The van der Waals surface area contributed by atoms with Crippen molar-refractivity contribution in [3.05, 3.63) is 93.6 Å². The van der Waals surface area contributed by atoms with Crippen molar-refractivity contribution in [2.24, 2.45) is 0 Å². The highest BCUT2D eigenvalue weighted by Crippen LogP contribution is 2.24. The molecular formula is C21H18N2O3S2. The Labute approximate surface area is 166 Å². The Morgan fingerprint density at radius 3 is 2.50 bits per heavy atom. The lowest BCUT2D eigenvalue weighted by atomic mass is 10.2. The monoisotopic (exact) mass is 410 g/mol. The van der Waals surface area contributed by atoms with Crippen LogP contribution in [-0.2, 0) is 16.6 Å². The van der Waals surface area contributed by atoms with Gasteiger partial charge in [0.15, 0.2) is 0 Å². The number of hydrogen-bond donors (Lipinski definition) is 1. The first-order valence-electron chi connectivity index (χ1n) is 8.69. The van der Waals surface area contributed by atoms with Gasteiger partial charge in [0, 0.05) is 5.69 Å². The number of rotatable bonds is 5. The van der Waals surface area contributed by atoms with Gasteiger partial charge in [-0.2, -0.15) is 0 Å². The Morgan fingerprint density at radius 1 is 0.964 bits per heavy atom. The summed E-state index contributed by atoms with van der Waals surface area (Å²) in [7, 11) is -3.74. The Bertz CT molecular complexity index is 1310. The highest BCUT2D eigenvalue weighted by molar-refractivity contribution is 7.92. The van der Waals surface area contributed by atoms with E-state index >= 15 is 0 Å². The van der Waals surface area contributed by atoms with E-state index in [0.29, 0.717) is 16.9 Å². The number of nitrogens with zero attached hydrogens (tertiary/aromatic N) is 1. The van der Waals surface area contributed by atoms with Crippen molar-refractivity contribution < 1.29 is 8.42 Å². The lowest BCUT2D eigenvalue weighted by Crippen LogP contribution is -2.14. The fourth-order valence-corrected chi connectivity index (χ4v) is 5.13. The normalized spacial score (nSPS) is 11.6. The first kappa shape index (κ1) is 18.5. The first-order valence-corrected chi connectivity index (χ1v) is 11.0. The predicted molar refractivity (Wildman–Crippen MR) is 114 cm³/mol. The second-order valence-corrected chi connectivity index (χ2v) is 9.22. The molecule has 0 amide bonds. The summed E-state index contributed by atoms with van der Waals surface area (Å²) in [6, 6.07) is 21.7. The minimum absolute atomic E-state index is 0.111. The summed E-state index contributed by atoms with van der Waals surface area (Å²) in [5.74, 6) is 0. The van der Waals surface area contributed by atoms with Gasteiger partial charge in [0.2, 0.25) is 0 Å². The lowest BCUT2D eigenvalue weighted by molar-refractivity contribution is 0.601. The van der Waals surface area contributed by atoms with Crippen LogP contribution in [0.3, 0.4) is 0 Å². The van der Waals surface area contributed by atoms with E-state index in [9.17, 15) is 13.2 Å². The molecule has 5 nitrogen and oxygen atoms in total. The molecule has 0 aliphatic carbocycles. The van der Waals surface area contributed by atoms with Gasteiger partial charge in [0.25, 0.3) is 10.0 Å². The Hall–Kier alpha value is -2.90. The summed E-state index contributed by atoms with van der Waals surface area (Å²) in [5, 5.41) is 0. The number of aryl methyl sites for hydroxylation is 1. The Morgan fingerprint density at radius 2 is 1.75 bits per heavy atom. The highest BCUT2D eigenvalue weighted by Gasteiger charge is 2.17. The summed E-state index contributed by atoms with van der Waals surface area (Å²) in [4.78, 5) is 12.5. The molecule has 0 saturated carbocycles. The van der Waals surface area contributed by atoms with Crippen LogP contribution in [0.1, 0.15) is 11.1 Å². The molecule has 1 heterocycles. The zero-order valence-corrected chi connectivity index (χ0v) is 16.8. The van der Waals surface area contributed by atoms with Gasteiger partial charge in [-0.1, -0.05) is 53.8 Å². The molecule has 3 aromatic carbocycles. The maximum atomic E-state index is 12.7. The zero-order chi connectivity index (χ0) is 19.7. The van der Waals surface area contributed by atoms with Crippen molar-refractivity contribution >= 4 is 37.3 Å². The molecule has 1 aromatic heterocycles. The largest absolute Gasteiger partial charge is 0.308 e. The van der Waals surface area contributed by atoms with E-state index < -0.39 is 10.0 Å². The van der Waals surface area contributed by atoms with Gasteiger partial charge in [0.05, 0.1) is 21.7 Å². The van der Waals surface area contributed by atoms with Gasteiger partial charge in [-0.15, -0.1) is 0 Å². The number of nitrogens with one attached hydrogen (secondary N) is 1. The number of anilines is 1. The molecule has 0 bridgehead atoms. The second-order valence-electron chi connectivity index (χ2n) is 6.54. The average molecular weight is 411 g/mol. The van der Waals surface area contributed by atoms with Crippen molar-refractivity contribution in [3.8, 4) is 0 Å². The predicted octanol–water partition coefficient (Wildman–Crippen LogP) is 4.22. The third-order valence-electron chi connectivity index (χ3n) is 4.40. The molecule has 0 unspecified atom stereocenters. The lowest BCUT2D eigenvalue weighted by Gasteiger charge is -2.09. The molecule has 0 aliphatic rings. The summed E-state index contributed by atoms with van der Waals surface area (Å²) < 4.78 is 30.4. The number of fused-ring (bicyclic) bond motifs is 1. The van der Waals surface area contributed by atoms with E-state index in [2.05, 4.69) is 4.72 Å². The quantitative estimate of drug-likeness (QED) is 0.536. The van der Waals surface area contributed by atoms with Crippen LogP contribution in [0, 0.1) is 6.92 Å². The van der Waals surface area contributed by atoms with Gasteiger partial charge in [0.1, 0.15) is 0 Å². The molecule has 1 N–H and O–H groups in total. The van der Waals surface area contributed by atoms with Crippen LogP contribution in [-0.4, -0.2) is 13.0 Å². The summed E-state index contributed by atoms with van der Waals surface area (Å²) in [5.41, 5.74) is 3.22. The van der Waals surface area contributed by atoms with Crippen molar-refractivity contribution in [1.82, 2.24) is 4.57 Å². The molecule has 0 radical (unpaired) electrons. The standard InChI is InChI=1S/C21H18N2O3S2/c1-15-6-5-9-17(12-15)22-28(25,26)18-10-11-19-20(13-18)27-21(24)23(19)14-16-7-3-2-4-8-16/h2-13,22H,14H2,1H3. The van der Waals surface area contributed by atoms with E-state index in [-0.39, 0.29) is 9.77 Å². The topological polar surface area (TPSA) is 68.2 Å². The third kappa shape index (κ3) is 3.72. The molecule has 142 valence electrons. The summed E-state index contributed by atoms with van der Waals surface area (Å²) in [6.45, 7) is 2.35. The van der Waals surface area contributed by atoms with Crippen LogP contribution in [0.4, 0.5) is 5.69 Å². The van der Waals surface area contributed by atoms with Crippen molar-refractivity contribution in [3.63, 3.8) is 0 Å². The van der Waals surface area contributed by atoms with Crippen molar-refractivity contribution in [1.29, 1.82) is 0 Å². The molecule has 4 rings (SSSR count). The molecule has 28 heavy (non-hydrogen) atoms. The highest BCUT2D eigenvalue weighted by atomic mass is 32.2. The van der Waals surface area contributed by atoms with Crippen LogP contribution >= 0.6 is 11.3 Å². The van der Waals surface area contributed by atoms with E-state index in [0.717, 1.165) is 28.0 Å². The minimum atomic E-state index is -3.74. The van der Waals surface area contributed by atoms with E-state index in [1.807, 2.05) is 43.3 Å².